The second-order valence-corrected chi connectivity index (χ2v) is 8.00. The Morgan fingerprint density at radius 1 is 1.16 bits per heavy atom. The number of carbonyl (C=O) groups is 2. The molecule has 1 atom stereocenters. The van der Waals surface area contributed by atoms with Gasteiger partial charge >= 0.3 is 0 Å². The number of carbonyl (C=O) groups excluding carboxylic acids is 2. The molecule has 4 rings (SSSR count). The summed E-state index contributed by atoms with van der Waals surface area (Å²) in [7, 11) is 1.64. The Balaban J connectivity index is 1.32. The van der Waals surface area contributed by atoms with E-state index in [9.17, 15) is 9.59 Å². The van der Waals surface area contributed by atoms with Gasteiger partial charge in [0.2, 0.25) is 11.8 Å². The second-order valence-electron chi connectivity index (χ2n) is 8.00. The summed E-state index contributed by atoms with van der Waals surface area (Å²) >= 11 is 0. The van der Waals surface area contributed by atoms with Gasteiger partial charge in [-0.25, -0.2) is 0 Å². The van der Waals surface area contributed by atoms with E-state index in [-0.39, 0.29) is 24.2 Å². The van der Waals surface area contributed by atoms with Crippen molar-refractivity contribution in [2.75, 3.05) is 20.2 Å². The van der Waals surface area contributed by atoms with Crippen LogP contribution in [0.1, 0.15) is 24.6 Å². The van der Waals surface area contributed by atoms with Crippen molar-refractivity contribution < 1.29 is 14.3 Å². The molecule has 0 bridgehead atoms. The number of methoxy groups -OCH3 is 1. The number of rotatable bonds is 8. The van der Waals surface area contributed by atoms with E-state index < -0.39 is 0 Å². The molecule has 6 nitrogen and oxygen atoms in total. The highest BCUT2D eigenvalue weighted by molar-refractivity contribution is 5.89. The van der Waals surface area contributed by atoms with Gasteiger partial charge in [0.05, 0.1) is 19.6 Å². The van der Waals surface area contributed by atoms with Crippen LogP contribution in [0.25, 0.3) is 10.9 Å². The standard InChI is InChI=1S/C25H29N3O3/c1-3-28-21(14-19-6-4-5-7-23(19)28)16-26-25(30)20-15-24(29)27(17-20)13-12-18-8-10-22(31-2)11-9-18/h4-11,14,20H,3,12-13,15-17H2,1-2H3,(H,26,30). The highest BCUT2D eigenvalue weighted by Gasteiger charge is 2.33. The number of likely N-dealkylation sites (tertiary alicyclic amines) is 1. The largest absolute Gasteiger partial charge is 0.497 e. The number of hydrogen-bond donors (Lipinski definition) is 1. The molecular weight excluding hydrogens is 390 g/mol. The van der Waals surface area contributed by atoms with Crippen molar-refractivity contribution in [2.45, 2.75) is 32.9 Å². The zero-order valence-electron chi connectivity index (χ0n) is 18.1. The van der Waals surface area contributed by atoms with E-state index in [2.05, 4.69) is 35.0 Å². The van der Waals surface area contributed by atoms with Crippen LogP contribution in [-0.2, 0) is 29.1 Å². The summed E-state index contributed by atoms with van der Waals surface area (Å²) < 4.78 is 7.40. The minimum absolute atomic E-state index is 0.0480. The first kappa shape index (κ1) is 21.0. The van der Waals surface area contributed by atoms with E-state index in [0.29, 0.717) is 19.6 Å². The molecular formula is C25H29N3O3. The van der Waals surface area contributed by atoms with Gasteiger partial charge in [-0.15, -0.1) is 0 Å². The molecule has 0 saturated carbocycles. The Kier molecular flexibility index (Phi) is 6.26. The smallest absolute Gasteiger partial charge is 0.225 e. The van der Waals surface area contributed by atoms with Crippen LogP contribution in [0.3, 0.4) is 0 Å². The minimum Gasteiger partial charge on any atom is -0.497 e. The van der Waals surface area contributed by atoms with Crippen LogP contribution in [-0.4, -0.2) is 41.5 Å². The van der Waals surface area contributed by atoms with E-state index >= 15 is 0 Å². The maximum atomic E-state index is 12.8. The number of nitrogens with zero attached hydrogens (tertiary/aromatic N) is 2. The lowest BCUT2D eigenvalue weighted by Crippen LogP contribution is -2.33. The van der Waals surface area contributed by atoms with Crippen molar-refractivity contribution in [3.8, 4) is 5.75 Å². The minimum atomic E-state index is -0.289. The predicted molar refractivity (Wildman–Crippen MR) is 121 cm³/mol. The fourth-order valence-electron chi connectivity index (χ4n) is 4.33. The summed E-state index contributed by atoms with van der Waals surface area (Å²) in [5.74, 6) is 0.534. The molecule has 162 valence electrons. The molecule has 3 aromatic rings. The average molecular weight is 420 g/mol. The maximum absolute atomic E-state index is 12.8. The number of aryl methyl sites for hydroxylation is 1. The molecule has 2 heterocycles. The Morgan fingerprint density at radius 2 is 1.94 bits per heavy atom. The third-order valence-corrected chi connectivity index (χ3v) is 6.07. The fourth-order valence-corrected chi connectivity index (χ4v) is 4.33. The first-order valence-electron chi connectivity index (χ1n) is 10.8. The van der Waals surface area contributed by atoms with Gasteiger partial charge in [0.1, 0.15) is 5.75 Å². The van der Waals surface area contributed by atoms with E-state index in [4.69, 9.17) is 4.74 Å². The van der Waals surface area contributed by atoms with Gasteiger partial charge in [-0.3, -0.25) is 9.59 Å². The lowest BCUT2D eigenvalue weighted by atomic mass is 10.1. The molecule has 6 heteroatoms. The summed E-state index contributed by atoms with van der Waals surface area (Å²) in [5.41, 5.74) is 3.40. The van der Waals surface area contributed by atoms with Gasteiger partial charge < -0.3 is 19.5 Å². The zero-order valence-corrected chi connectivity index (χ0v) is 18.1. The molecule has 1 aliphatic heterocycles. The highest BCUT2D eigenvalue weighted by Crippen LogP contribution is 2.22. The first-order valence-corrected chi connectivity index (χ1v) is 10.8. The number of nitrogens with one attached hydrogen (secondary N) is 1. The summed E-state index contributed by atoms with van der Waals surface area (Å²) in [6, 6.07) is 18.2. The Bertz CT molecular complexity index is 1070. The zero-order chi connectivity index (χ0) is 21.8. The number of ether oxygens (including phenoxy) is 1. The molecule has 1 fully saturated rings. The van der Waals surface area contributed by atoms with Crippen molar-refractivity contribution in [2.24, 2.45) is 5.92 Å². The molecule has 1 saturated heterocycles. The number of hydrogen-bond acceptors (Lipinski definition) is 3. The van der Waals surface area contributed by atoms with Gasteiger partial charge in [-0.05, 0) is 48.6 Å². The Hall–Kier alpha value is -3.28. The van der Waals surface area contributed by atoms with Crippen LogP contribution in [0.2, 0.25) is 0 Å². The summed E-state index contributed by atoms with van der Waals surface area (Å²) in [6.45, 7) is 4.53. The molecule has 1 aromatic heterocycles. The summed E-state index contributed by atoms with van der Waals surface area (Å²) in [4.78, 5) is 27.0. The first-order chi connectivity index (χ1) is 15.1. The normalized spacial score (nSPS) is 16.1. The van der Waals surface area contributed by atoms with Crippen LogP contribution in [0.4, 0.5) is 0 Å². The third-order valence-electron chi connectivity index (χ3n) is 6.07. The number of fused-ring (bicyclic) bond motifs is 1. The Morgan fingerprint density at radius 3 is 2.68 bits per heavy atom. The van der Waals surface area contributed by atoms with Crippen molar-refractivity contribution in [3.05, 3.63) is 65.9 Å². The number of aromatic nitrogens is 1. The molecule has 0 aliphatic carbocycles. The van der Waals surface area contributed by atoms with Crippen molar-refractivity contribution in [1.82, 2.24) is 14.8 Å². The number of amides is 2. The van der Waals surface area contributed by atoms with Crippen molar-refractivity contribution >= 4 is 22.7 Å². The van der Waals surface area contributed by atoms with E-state index in [0.717, 1.165) is 30.0 Å². The predicted octanol–water partition coefficient (Wildman–Crippen LogP) is 3.38. The maximum Gasteiger partial charge on any atom is 0.225 e. The van der Waals surface area contributed by atoms with Crippen LogP contribution in [0, 0.1) is 5.92 Å². The highest BCUT2D eigenvalue weighted by atomic mass is 16.5. The summed E-state index contributed by atoms with van der Waals surface area (Å²) in [5, 5.41) is 4.23. The van der Waals surface area contributed by atoms with Crippen LogP contribution >= 0.6 is 0 Å². The third kappa shape index (κ3) is 4.58. The SMILES string of the molecule is CCn1c(CNC(=O)C2CC(=O)N(CCc3ccc(OC)cc3)C2)cc2ccccc21. The molecule has 1 unspecified atom stereocenters. The van der Waals surface area contributed by atoms with Crippen molar-refractivity contribution in [3.63, 3.8) is 0 Å². The average Bonchev–Trinajstić information content (AvgIpc) is 3.36. The van der Waals surface area contributed by atoms with Gasteiger partial charge in [-0.2, -0.15) is 0 Å². The van der Waals surface area contributed by atoms with E-state index in [1.54, 1.807) is 12.0 Å². The quantitative estimate of drug-likeness (QED) is 0.609. The fraction of sp³-hybridized carbons (Fsp3) is 0.360. The molecule has 2 aromatic carbocycles. The van der Waals surface area contributed by atoms with Gasteiger partial charge in [0, 0.05) is 37.3 Å². The number of para-hydroxylation sites is 1. The molecule has 31 heavy (non-hydrogen) atoms. The Labute approximate surface area is 182 Å². The van der Waals surface area contributed by atoms with Gasteiger partial charge in [0.15, 0.2) is 0 Å². The monoisotopic (exact) mass is 419 g/mol. The van der Waals surface area contributed by atoms with Crippen LogP contribution < -0.4 is 10.1 Å². The van der Waals surface area contributed by atoms with E-state index in [1.807, 2.05) is 36.4 Å². The lowest BCUT2D eigenvalue weighted by Gasteiger charge is -2.17. The molecule has 1 aliphatic rings. The lowest BCUT2D eigenvalue weighted by molar-refractivity contribution is -0.129. The van der Waals surface area contributed by atoms with Crippen LogP contribution in [0.15, 0.2) is 54.6 Å². The number of benzene rings is 2. The molecule has 1 N–H and O–H groups in total. The van der Waals surface area contributed by atoms with Gasteiger partial charge in [0.25, 0.3) is 0 Å². The second kappa shape index (κ2) is 9.25. The van der Waals surface area contributed by atoms with Crippen molar-refractivity contribution in [1.29, 1.82) is 0 Å². The molecule has 0 radical (unpaired) electrons. The molecule has 2 amide bonds. The van der Waals surface area contributed by atoms with E-state index in [1.165, 1.54) is 10.9 Å². The van der Waals surface area contributed by atoms with Gasteiger partial charge in [-0.1, -0.05) is 30.3 Å². The van der Waals surface area contributed by atoms with Crippen LogP contribution in [0.5, 0.6) is 5.75 Å². The topological polar surface area (TPSA) is 63.6 Å². The molecule has 0 spiro atoms. The summed E-state index contributed by atoms with van der Waals surface area (Å²) in [6.07, 6.45) is 1.05.